The number of carbonyl (C=O) groups excluding carboxylic acids is 1. The molecule has 0 spiro atoms. The third-order valence-electron chi connectivity index (χ3n) is 3.35. The Balaban J connectivity index is 2.26. The summed E-state index contributed by atoms with van der Waals surface area (Å²) in [5.74, 6) is 0.594. The zero-order valence-electron chi connectivity index (χ0n) is 13.3. The summed E-state index contributed by atoms with van der Waals surface area (Å²) in [6.45, 7) is 3.97. The van der Waals surface area contributed by atoms with Gasteiger partial charge in [0.2, 0.25) is 0 Å². The molecule has 1 rings (SSSR count). The Hall–Kier alpha value is -1.14. The number of thioether (sulfide) groups is 1. The van der Waals surface area contributed by atoms with Crippen molar-refractivity contribution in [2.24, 2.45) is 7.05 Å². The summed E-state index contributed by atoms with van der Waals surface area (Å²) in [5, 5.41) is 15.6. The van der Waals surface area contributed by atoms with Gasteiger partial charge in [0.1, 0.15) is 0 Å². The van der Waals surface area contributed by atoms with Crippen molar-refractivity contribution >= 4 is 17.8 Å². The second kappa shape index (κ2) is 8.34. The van der Waals surface area contributed by atoms with Gasteiger partial charge in [0.25, 0.3) is 0 Å². The molecule has 1 aromatic rings. The summed E-state index contributed by atoms with van der Waals surface area (Å²) < 4.78 is 2.09. The summed E-state index contributed by atoms with van der Waals surface area (Å²) in [4.78, 5) is 11.8. The molecule has 2 unspecified atom stereocenters. The maximum absolute atomic E-state index is 11.8. The Kier molecular flexibility index (Phi) is 7.11. The lowest BCUT2D eigenvalue weighted by atomic mass is 10.1. The van der Waals surface area contributed by atoms with Gasteiger partial charge in [-0.15, -0.1) is 0 Å². The van der Waals surface area contributed by atoms with Crippen LogP contribution in [0.15, 0.2) is 18.3 Å². The predicted molar refractivity (Wildman–Crippen MR) is 88.7 cm³/mol. The Labute approximate surface area is 131 Å². The van der Waals surface area contributed by atoms with Crippen molar-refractivity contribution < 1.29 is 9.90 Å². The number of urea groups is 1. The summed E-state index contributed by atoms with van der Waals surface area (Å²) in [7, 11) is 2.02. The van der Waals surface area contributed by atoms with Crippen molar-refractivity contribution in [3.05, 3.63) is 24.0 Å². The molecule has 0 aliphatic carbocycles. The highest BCUT2D eigenvalue weighted by Gasteiger charge is 2.20. The van der Waals surface area contributed by atoms with Gasteiger partial charge in [-0.05, 0) is 45.1 Å². The van der Waals surface area contributed by atoms with Crippen molar-refractivity contribution in [2.45, 2.75) is 38.3 Å². The molecule has 1 heterocycles. The van der Waals surface area contributed by atoms with E-state index in [9.17, 15) is 9.90 Å². The molecule has 2 amide bonds. The minimum Gasteiger partial charge on any atom is -0.387 e. The van der Waals surface area contributed by atoms with E-state index in [0.717, 1.165) is 12.8 Å². The first-order chi connectivity index (χ1) is 9.84. The van der Waals surface area contributed by atoms with Crippen molar-refractivity contribution in [3.63, 3.8) is 0 Å². The van der Waals surface area contributed by atoms with Gasteiger partial charge >= 0.3 is 6.03 Å². The molecule has 2 atom stereocenters. The van der Waals surface area contributed by atoms with E-state index in [0.29, 0.717) is 5.75 Å². The van der Waals surface area contributed by atoms with Crippen LogP contribution < -0.4 is 10.6 Å². The maximum Gasteiger partial charge on any atom is 0.315 e. The molecule has 21 heavy (non-hydrogen) atoms. The van der Waals surface area contributed by atoms with E-state index >= 15 is 0 Å². The molecule has 0 aliphatic heterocycles. The number of rotatable bonds is 8. The average molecular weight is 313 g/mol. The summed E-state index contributed by atoms with van der Waals surface area (Å²) >= 11 is 1.56. The maximum atomic E-state index is 11.8. The lowest BCUT2D eigenvalue weighted by Gasteiger charge is -2.23. The molecule has 0 saturated carbocycles. The minimum absolute atomic E-state index is 0.0883. The van der Waals surface area contributed by atoms with E-state index in [1.54, 1.807) is 18.7 Å². The van der Waals surface area contributed by atoms with Crippen LogP contribution in [0.25, 0.3) is 0 Å². The Morgan fingerprint density at radius 1 is 1.57 bits per heavy atom. The molecule has 1 aromatic heterocycles. The molecule has 0 saturated heterocycles. The molecule has 0 bridgehead atoms. The molecule has 5 nitrogen and oxygen atoms in total. The lowest BCUT2D eigenvalue weighted by molar-refractivity contribution is 0.0868. The number of aliphatic hydroxyl groups is 1. The van der Waals surface area contributed by atoms with Gasteiger partial charge in [-0.1, -0.05) is 0 Å². The smallest absolute Gasteiger partial charge is 0.315 e. The van der Waals surface area contributed by atoms with Gasteiger partial charge < -0.3 is 20.3 Å². The van der Waals surface area contributed by atoms with Crippen LogP contribution >= 0.6 is 11.8 Å². The number of nitrogens with one attached hydrogen (secondary N) is 2. The summed E-state index contributed by atoms with van der Waals surface area (Å²) in [6, 6.07) is 3.97. The Morgan fingerprint density at radius 2 is 2.29 bits per heavy atom. The van der Waals surface area contributed by atoms with Crippen LogP contribution in [0.3, 0.4) is 0 Å². The summed E-state index contributed by atoms with van der Waals surface area (Å²) in [5.41, 5.74) is 0.384. The van der Waals surface area contributed by atoms with Crippen LogP contribution in [-0.4, -0.2) is 45.9 Å². The average Bonchev–Trinajstić information content (AvgIpc) is 2.80. The number of aromatic nitrogens is 1. The monoisotopic (exact) mass is 313 g/mol. The minimum atomic E-state index is -0.872. The van der Waals surface area contributed by atoms with Gasteiger partial charge in [-0.2, -0.15) is 11.8 Å². The molecule has 0 fully saturated rings. The second-order valence-corrected chi connectivity index (χ2v) is 6.67. The number of carbonyl (C=O) groups is 1. The number of hydrogen-bond acceptors (Lipinski definition) is 3. The van der Waals surface area contributed by atoms with Gasteiger partial charge in [0, 0.05) is 37.3 Å². The van der Waals surface area contributed by atoms with Crippen molar-refractivity contribution in [1.29, 1.82) is 0 Å². The van der Waals surface area contributed by atoms with E-state index in [-0.39, 0.29) is 18.6 Å². The molecule has 120 valence electrons. The first-order valence-corrected chi connectivity index (χ1v) is 8.59. The van der Waals surface area contributed by atoms with Crippen molar-refractivity contribution in [3.8, 4) is 0 Å². The highest BCUT2D eigenvalue weighted by molar-refractivity contribution is 7.98. The molecule has 0 aliphatic rings. The fourth-order valence-corrected chi connectivity index (χ4v) is 2.82. The zero-order chi connectivity index (χ0) is 15.9. The van der Waals surface area contributed by atoms with Crippen LogP contribution in [0, 0.1) is 0 Å². The van der Waals surface area contributed by atoms with Crippen LogP contribution in [0.5, 0.6) is 0 Å². The molecule has 0 aromatic carbocycles. The molecule has 6 heteroatoms. The van der Waals surface area contributed by atoms with Crippen LogP contribution in [0.4, 0.5) is 4.79 Å². The van der Waals surface area contributed by atoms with E-state index in [2.05, 4.69) is 21.3 Å². The molecular formula is C15H27N3O2S. The molecular weight excluding hydrogens is 286 g/mol. The van der Waals surface area contributed by atoms with Gasteiger partial charge in [-0.3, -0.25) is 0 Å². The Bertz CT molecular complexity index is 446. The third kappa shape index (κ3) is 6.91. The van der Waals surface area contributed by atoms with Gasteiger partial charge in [0.05, 0.1) is 5.60 Å². The van der Waals surface area contributed by atoms with E-state index in [1.807, 2.05) is 32.5 Å². The number of hydrogen-bond donors (Lipinski definition) is 3. The molecule has 3 N–H and O–H groups in total. The SMILES string of the molecule is CSCC(C)(O)CNC(=O)NC(C)CCc1cccn1C. The fourth-order valence-electron chi connectivity index (χ4n) is 2.10. The summed E-state index contributed by atoms with van der Waals surface area (Å²) in [6.07, 6.45) is 5.76. The predicted octanol–water partition coefficient (Wildman–Crippen LogP) is 1.76. The van der Waals surface area contributed by atoms with Crippen molar-refractivity contribution in [2.75, 3.05) is 18.6 Å². The number of amides is 2. The standard InChI is InChI=1S/C15H27N3O2S/c1-12(7-8-13-6-5-9-18(13)3)17-14(19)16-10-15(2,20)11-21-4/h5-6,9,12,20H,7-8,10-11H2,1-4H3,(H2,16,17,19). The largest absolute Gasteiger partial charge is 0.387 e. The first kappa shape index (κ1) is 17.9. The lowest BCUT2D eigenvalue weighted by Crippen LogP contribution is -2.48. The van der Waals surface area contributed by atoms with Gasteiger partial charge in [-0.25, -0.2) is 4.79 Å². The van der Waals surface area contributed by atoms with Crippen LogP contribution in [0.2, 0.25) is 0 Å². The van der Waals surface area contributed by atoms with Crippen LogP contribution in [-0.2, 0) is 13.5 Å². The topological polar surface area (TPSA) is 66.3 Å². The third-order valence-corrected chi connectivity index (χ3v) is 4.26. The number of aryl methyl sites for hydroxylation is 2. The quantitative estimate of drug-likeness (QED) is 0.685. The van der Waals surface area contributed by atoms with E-state index < -0.39 is 5.60 Å². The fraction of sp³-hybridized carbons (Fsp3) is 0.667. The highest BCUT2D eigenvalue weighted by Crippen LogP contribution is 2.09. The Morgan fingerprint density at radius 3 is 2.86 bits per heavy atom. The first-order valence-electron chi connectivity index (χ1n) is 7.20. The van der Waals surface area contributed by atoms with Crippen molar-refractivity contribution in [1.82, 2.24) is 15.2 Å². The number of nitrogens with zero attached hydrogens (tertiary/aromatic N) is 1. The zero-order valence-corrected chi connectivity index (χ0v) is 14.2. The normalized spacial score (nSPS) is 15.3. The molecule has 0 radical (unpaired) electrons. The van der Waals surface area contributed by atoms with E-state index in [4.69, 9.17) is 0 Å². The van der Waals surface area contributed by atoms with E-state index in [1.165, 1.54) is 5.69 Å². The second-order valence-electron chi connectivity index (χ2n) is 5.81. The van der Waals surface area contributed by atoms with Crippen LogP contribution in [0.1, 0.15) is 26.0 Å². The van der Waals surface area contributed by atoms with Gasteiger partial charge in [0.15, 0.2) is 0 Å². The highest BCUT2D eigenvalue weighted by atomic mass is 32.2.